The van der Waals surface area contributed by atoms with Gasteiger partial charge in [-0.1, -0.05) is 36.2 Å². The summed E-state index contributed by atoms with van der Waals surface area (Å²) in [6, 6.07) is 10.1. The summed E-state index contributed by atoms with van der Waals surface area (Å²) in [6.07, 6.45) is -3.81. The second-order valence-corrected chi connectivity index (χ2v) is 7.35. The van der Waals surface area contributed by atoms with Gasteiger partial charge in [0.2, 0.25) is 5.89 Å². The number of benzene rings is 2. The van der Waals surface area contributed by atoms with E-state index < -0.39 is 11.7 Å². The Bertz CT molecular complexity index is 1270. The van der Waals surface area contributed by atoms with Crippen LogP contribution in [0.25, 0.3) is 22.7 Å². The van der Waals surface area contributed by atoms with Gasteiger partial charge in [0, 0.05) is 5.56 Å². The third kappa shape index (κ3) is 4.62. The molecule has 0 N–H and O–H groups in total. The van der Waals surface area contributed by atoms with Gasteiger partial charge in [0.15, 0.2) is 5.52 Å². The normalized spacial score (nSPS) is 11.7. The zero-order valence-corrected chi connectivity index (χ0v) is 17.8. The minimum atomic E-state index is -4.52. The Labute approximate surface area is 186 Å². The van der Waals surface area contributed by atoms with E-state index in [0.717, 1.165) is 35.7 Å². The number of halogens is 4. The Balaban J connectivity index is 1.73. The predicted octanol–water partition coefficient (Wildman–Crippen LogP) is 6.85. The van der Waals surface area contributed by atoms with E-state index in [9.17, 15) is 13.2 Å². The number of nitrogens with zero attached hydrogens (tertiary/aromatic N) is 3. The Morgan fingerprint density at radius 3 is 2.56 bits per heavy atom. The van der Waals surface area contributed by atoms with Crippen LogP contribution in [0.3, 0.4) is 0 Å². The third-order valence-corrected chi connectivity index (χ3v) is 4.67. The van der Waals surface area contributed by atoms with Gasteiger partial charge in [-0.15, -0.1) is 0 Å². The molecule has 4 rings (SSSR count). The molecule has 0 aliphatic carbocycles. The molecule has 2 aromatic carbocycles. The zero-order valence-electron chi connectivity index (χ0n) is 17.0. The minimum Gasteiger partial charge on any atom is -0.476 e. The summed E-state index contributed by atoms with van der Waals surface area (Å²) in [5.74, 6) is 0.417. The van der Waals surface area contributed by atoms with E-state index in [2.05, 4.69) is 15.0 Å². The summed E-state index contributed by atoms with van der Waals surface area (Å²) in [5.41, 5.74) is 1.30. The molecule has 0 atom stereocenters. The molecule has 0 unspecified atom stereocenters. The molecule has 32 heavy (non-hydrogen) atoms. The molecule has 0 saturated carbocycles. The summed E-state index contributed by atoms with van der Waals surface area (Å²) in [7, 11) is 0. The number of fused-ring (bicyclic) bond motifs is 1. The van der Waals surface area contributed by atoms with Crippen LogP contribution >= 0.6 is 11.6 Å². The standard InChI is InChI=1S/C22H17ClF3N3O3/c1-3-9-30-19-17-20(32-18(27-17)13-6-4-5-12(2)10-13)29-21(28-19)31-16-8-7-14(11-15(16)23)22(24,25)26/h4-8,10-11H,3,9H2,1-2H3. The van der Waals surface area contributed by atoms with Gasteiger partial charge in [0.25, 0.3) is 11.6 Å². The van der Waals surface area contributed by atoms with Crippen LogP contribution in [-0.4, -0.2) is 21.6 Å². The summed E-state index contributed by atoms with van der Waals surface area (Å²) >= 11 is 5.98. The lowest BCUT2D eigenvalue weighted by Gasteiger charge is -2.10. The number of ether oxygens (including phenoxy) is 2. The molecule has 0 radical (unpaired) electrons. The maximum Gasteiger partial charge on any atom is 0.416 e. The molecule has 4 aromatic rings. The fourth-order valence-electron chi connectivity index (χ4n) is 2.88. The summed E-state index contributed by atoms with van der Waals surface area (Å²) in [6.45, 7) is 4.24. The molecule has 0 saturated heterocycles. The summed E-state index contributed by atoms with van der Waals surface area (Å²) in [5, 5.41) is -0.238. The molecular weight excluding hydrogens is 447 g/mol. The maximum absolute atomic E-state index is 12.9. The van der Waals surface area contributed by atoms with Crippen molar-refractivity contribution in [1.29, 1.82) is 0 Å². The first-order chi connectivity index (χ1) is 15.2. The quantitative estimate of drug-likeness (QED) is 0.311. The number of oxazole rings is 1. The molecule has 0 aliphatic rings. The van der Waals surface area contributed by atoms with Gasteiger partial charge >= 0.3 is 12.2 Å². The fraction of sp³-hybridized carbons (Fsp3) is 0.227. The highest BCUT2D eigenvalue weighted by atomic mass is 35.5. The number of aryl methyl sites for hydroxylation is 1. The average Bonchev–Trinajstić information content (AvgIpc) is 3.17. The van der Waals surface area contributed by atoms with Crippen molar-refractivity contribution in [2.75, 3.05) is 6.61 Å². The third-order valence-electron chi connectivity index (χ3n) is 4.37. The number of hydrogen-bond acceptors (Lipinski definition) is 6. The van der Waals surface area contributed by atoms with Crippen LogP contribution in [0.1, 0.15) is 24.5 Å². The van der Waals surface area contributed by atoms with Crippen molar-refractivity contribution in [2.45, 2.75) is 26.4 Å². The van der Waals surface area contributed by atoms with Crippen LogP contribution < -0.4 is 9.47 Å². The van der Waals surface area contributed by atoms with Crippen molar-refractivity contribution in [3.8, 4) is 29.1 Å². The van der Waals surface area contributed by atoms with Gasteiger partial charge in [-0.2, -0.15) is 23.1 Å². The van der Waals surface area contributed by atoms with Crippen LogP contribution in [-0.2, 0) is 6.18 Å². The van der Waals surface area contributed by atoms with Gasteiger partial charge in [-0.05, 0) is 43.7 Å². The van der Waals surface area contributed by atoms with Crippen LogP contribution in [0.4, 0.5) is 13.2 Å². The largest absolute Gasteiger partial charge is 0.476 e. The van der Waals surface area contributed by atoms with Crippen LogP contribution in [0, 0.1) is 6.92 Å². The van der Waals surface area contributed by atoms with Crippen molar-refractivity contribution in [2.24, 2.45) is 0 Å². The first-order valence-corrected chi connectivity index (χ1v) is 10.1. The van der Waals surface area contributed by atoms with Crippen LogP contribution in [0.15, 0.2) is 46.9 Å². The molecule has 166 valence electrons. The zero-order chi connectivity index (χ0) is 22.9. The monoisotopic (exact) mass is 463 g/mol. The van der Waals surface area contributed by atoms with E-state index in [1.165, 1.54) is 0 Å². The second kappa shape index (κ2) is 8.66. The Hall–Kier alpha value is -3.33. The highest BCUT2D eigenvalue weighted by Crippen LogP contribution is 2.37. The molecule has 0 amide bonds. The second-order valence-electron chi connectivity index (χ2n) is 6.95. The Morgan fingerprint density at radius 1 is 1.06 bits per heavy atom. The Kier molecular flexibility index (Phi) is 5.92. The van der Waals surface area contributed by atoms with Gasteiger partial charge in [-0.3, -0.25) is 0 Å². The lowest BCUT2D eigenvalue weighted by molar-refractivity contribution is -0.137. The summed E-state index contributed by atoms with van der Waals surface area (Å²) in [4.78, 5) is 12.9. The summed E-state index contributed by atoms with van der Waals surface area (Å²) < 4.78 is 55.7. The molecule has 0 aliphatic heterocycles. The lowest BCUT2D eigenvalue weighted by atomic mass is 10.1. The predicted molar refractivity (Wildman–Crippen MR) is 112 cm³/mol. The van der Waals surface area contributed by atoms with Crippen molar-refractivity contribution >= 4 is 22.8 Å². The minimum absolute atomic E-state index is 0.0427. The molecular formula is C22H17ClF3N3O3. The van der Waals surface area contributed by atoms with Gasteiger partial charge in [0.05, 0.1) is 17.2 Å². The molecule has 0 bridgehead atoms. The molecule has 0 fully saturated rings. The molecule has 2 aromatic heterocycles. The number of aromatic nitrogens is 3. The molecule has 6 nitrogen and oxygen atoms in total. The average molecular weight is 464 g/mol. The van der Waals surface area contributed by atoms with E-state index in [-0.39, 0.29) is 28.4 Å². The van der Waals surface area contributed by atoms with E-state index >= 15 is 0 Å². The highest BCUT2D eigenvalue weighted by Gasteiger charge is 2.31. The molecule has 2 heterocycles. The van der Waals surface area contributed by atoms with Crippen molar-refractivity contribution in [3.05, 3.63) is 58.6 Å². The lowest BCUT2D eigenvalue weighted by Crippen LogP contribution is -2.05. The van der Waals surface area contributed by atoms with Gasteiger partial charge in [0.1, 0.15) is 5.75 Å². The molecule has 0 spiro atoms. The fourth-order valence-corrected chi connectivity index (χ4v) is 3.10. The first-order valence-electron chi connectivity index (χ1n) is 9.67. The number of rotatable bonds is 6. The smallest absolute Gasteiger partial charge is 0.416 e. The van der Waals surface area contributed by atoms with Gasteiger partial charge in [-0.25, -0.2) is 4.98 Å². The van der Waals surface area contributed by atoms with Crippen LogP contribution in [0.2, 0.25) is 5.02 Å². The number of alkyl halides is 3. The van der Waals surface area contributed by atoms with E-state index in [1.54, 1.807) is 0 Å². The number of hydrogen-bond donors (Lipinski definition) is 0. The molecule has 10 heteroatoms. The van der Waals surface area contributed by atoms with E-state index in [4.69, 9.17) is 25.5 Å². The van der Waals surface area contributed by atoms with E-state index in [1.807, 2.05) is 38.1 Å². The van der Waals surface area contributed by atoms with Crippen LogP contribution in [0.5, 0.6) is 17.6 Å². The maximum atomic E-state index is 12.9. The van der Waals surface area contributed by atoms with Crippen molar-refractivity contribution in [3.63, 3.8) is 0 Å². The topological polar surface area (TPSA) is 70.3 Å². The van der Waals surface area contributed by atoms with Crippen molar-refractivity contribution < 1.29 is 27.1 Å². The van der Waals surface area contributed by atoms with Gasteiger partial charge < -0.3 is 13.9 Å². The SMILES string of the molecule is CCCOc1nc(Oc2ccc(C(F)(F)F)cc2Cl)nc2oc(-c3cccc(C)c3)nc12. The Morgan fingerprint density at radius 2 is 1.88 bits per heavy atom. The first kappa shape index (κ1) is 21.9. The highest BCUT2D eigenvalue weighted by molar-refractivity contribution is 6.32. The van der Waals surface area contributed by atoms with E-state index in [0.29, 0.717) is 18.0 Å². The van der Waals surface area contributed by atoms with Crippen molar-refractivity contribution in [1.82, 2.24) is 15.0 Å².